The molecule has 2 rings (SSSR count). The van der Waals surface area contributed by atoms with Gasteiger partial charge in [0.25, 0.3) is 0 Å². The number of carbonyl (C=O) groups is 1. The molecular formula is C16H30N2O. The van der Waals surface area contributed by atoms with Crippen molar-refractivity contribution in [1.29, 1.82) is 0 Å². The average Bonchev–Trinajstić information content (AvgIpc) is 2.98. The maximum Gasteiger partial charge on any atom is 0.222 e. The molecule has 0 radical (unpaired) electrons. The molecule has 1 unspecified atom stereocenters. The van der Waals surface area contributed by atoms with E-state index in [9.17, 15) is 4.79 Å². The molecule has 2 aliphatic heterocycles. The van der Waals surface area contributed by atoms with Gasteiger partial charge in [-0.3, -0.25) is 4.79 Å². The molecule has 19 heavy (non-hydrogen) atoms. The largest absolute Gasteiger partial charge is 0.343 e. The van der Waals surface area contributed by atoms with Crippen LogP contribution in [0.4, 0.5) is 0 Å². The molecule has 2 heterocycles. The predicted octanol–water partition coefficient (Wildman–Crippen LogP) is 2.80. The lowest BCUT2D eigenvalue weighted by molar-refractivity contribution is -0.132. The highest BCUT2D eigenvalue weighted by atomic mass is 16.2. The third kappa shape index (κ3) is 4.48. The predicted molar refractivity (Wildman–Crippen MR) is 79.0 cm³/mol. The molecule has 2 fully saturated rings. The molecule has 0 saturated carbocycles. The van der Waals surface area contributed by atoms with Gasteiger partial charge in [0.05, 0.1) is 0 Å². The van der Waals surface area contributed by atoms with E-state index in [1.807, 2.05) is 0 Å². The molecule has 1 atom stereocenters. The van der Waals surface area contributed by atoms with Crippen LogP contribution in [0.5, 0.6) is 0 Å². The third-order valence-electron chi connectivity index (χ3n) is 4.90. The summed E-state index contributed by atoms with van der Waals surface area (Å²) in [6.45, 7) is 6.63. The first kappa shape index (κ1) is 14.8. The fourth-order valence-electron chi connectivity index (χ4n) is 3.56. The Labute approximate surface area is 118 Å². The standard InChI is InChI=1S/C16H30N2O/c1-2-3-4-5-6-16(19)18-11-8-14(9-12-18)15-7-10-17-13-15/h14-15,17H,2-13H2,1H3. The van der Waals surface area contributed by atoms with Crippen molar-refractivity contribution in [3.05, 3.63) is 0 Å². The molecule has 0 spiro atoms. The summed E-state index contributed by atoms with van der Waals surface area (Å²) in [5, 5.41) is 3.46. The normalized spacial score (nSPS) is 24.9. The Morgan fingerprint density at radius 3 is 2.53 bits per heavy atom. The monoisotopic (exact) mass is 266 g/mol. The number of nitrogens with one attached hydrogen (secondary N) is 1. The van der Waals surface area contributed by atoms with Gasteiger partial charge in [-0.25, -0.2) is 0 Å². The number of hydrogen-bond acceptors (Lipinski definition) is 2. The Balaban J connectivity index is 1.63. The van der Waals surface area contributed by atoms with Gasteiger partial charge in [-0.2, -0.15) is 0 Å². The highest BCUT2D eigenvalue weighted by Gasteiger charge is 2.29. The van der Waals surface area contributed by atoms with E-state index >= 15 is 0 Å². The minimum absolute atomic E-state index is 0.402. The summed E-state index contributed by atoms with van der Waals surface area (Å²) in [5.41, 5.74) is 0. The number of rotatable bonds is 6. The lowest BCUT2D eigenvalue weighted by atomic mass is 9.83. The van der Waals surface area contributed by atoms with Crippen molar-refractivity contribution in [1.82, 2.24) is 10.2 Å². The van der Waals surface area contributed by atoms with Gasteiger partial charge in [0.2, 0.25) is 5.91 Å². The van der Waals surface area contributed by atoms with E-state index < -0.39 is 0 Å². The molecule has 0 aromatic heterocycles. The quantitative estimate of drug-likeness (QED) is 0.750. The van der Waals surface area contributed by atoms with Crippen molar-refractivity contribution < 1.29 is 4.79 Å². The molecule has 3 heteroatoms. The van der Waals surface area contributed by atoms with Crippen LogP contribution in [0.3, 0.4) is 0 Å². The average molecular weight is 266 g/mol. The first-order valence-electron chi connectivity index (χ1n) is 8.29. The lowest BCUT2D eigenvalue weighted by Gasteiger charge is -2.34. The number of carbonyl (C=O) groups excluding carboxylic acids is 1. The van der Waals surface area contributed by atoms with Crippen LogP contribution in [-0.4, -0.2) is 37.0 Å². The summed E-state index contributed by atoms with van der Waals surface area (Å²) >= 11 is 0. The second kappa shape index (κ2) is 7.88. The molecule has 0 bridgehead atoms. The Bertz CT molecular complexity index is 266. The molecule has 0 aromatic carbocycles. The molecule has 0 aromatic rings. The minimum atomic E-state index is 0.402. The molecular weight excluding hydrogens is 236 g/mol. The number of unbranched alkanes of at least 4 members (excludes halogenated alkanes) is 3. The van der Waals surface area contributed by atoms with Crippen LogP contribution < -0.4 is 5.32 Å². The second-order valence-electron chi connectivity index (χ2n) is 6.28. The first-order valence-corrected chi connectivity index (χ1v) is 8.29. The van der Waals surface area contributed by atoms with Crippen molar-refractivity contribution in [2.45, 2.75) is 58.3 Å². The summed E-state index contributed by atoms with van der Waals surface area (Å²) in [4.78, 5) is 14.2. The molecule has 2 aliphatic rings. The summed E-state index contributed by atoms with van der Waals surface area (Å²) < 4.78 is 0. The molecule has 3 nitrogen and oxygen atoms in total. The van der Waals surface area contributed by atoms with E-state index in [0.29, 0.717) is 5.91 Å². The number of hydrogen-bond donors (Lipinski definition) is 1. The highest BCUT2D eigenvalue weighted by molar-refractivity contribution is 5.76. The van der Waals surface area contributed by atoms with Crippen LogP contribution in [0.2, 0.25) is 0 Å². The lowest BCUT2D eigenvalue weighted by Crippen LogP contribution is -2.40. The van der Waals surface area contributed by atoms with E-state index in [0.717, 1.165) is 37.8 Å². The van der Waals surface area contributed by atoms with Crippen LogP contribution in [0.25, 0.3) is 0 Å². The third-order valence-corrected chi connectivity index (χ3v) is 4.90. The molecule has 2 saturated heterocycles. The van der Waals surface area contributed by atoms with Gasteiger partial charge in [0.1, 0.15) is 0 Å². The Hall–Kier alpha value is -0.570. The Morgan fingerprint density at radius 1 is 1.11 bits per heavy atom. The van der Waals surface area contributed by atoms with Crippen molar-refractivity contribution in [3.63, 3.8) is 0 Å². The zero-order valence-corrected chi connectivity index (χ0v) is 12.5. The zero-order valence-electron chi connectivity index (χ0n) is 12.5. The zero-order chi connectivity index (χ0) is 13.5. The van der Waals surface area contributed by atoms with Crippen molar-refractivity contribution in [2.24, 2.45) is 11.8 Å². The van der Waals surface area contributed by atoms with E-state index in [2.05, 4.69) is 17.1 Å². The summed E-state index contributed by atoms with van der Waals surface area (Å²) in [6, 6.07) is 0. The van der Waals surface area contributed by atoms with Crippen molar-refractivity contribution in [2.75, 3.05) is 26.2 Å². The number of nitrogens with zero attached hydrogens (tertiary/aromatic N) is 1. The number of piperidine rings is 1. The molecule has 110 valence electrons. The van der Waals surface area contributed by atoms with Gasteiger partial charge < -0.3 is 10.2 Å². The minimum Gasteiger partial charge on any atom is -0.343 e. The number of amides is 1. The van der Waals surface area contributed by atoms with Crippen LogP contribution >= 0.6 is 0 Å². The van der Waals surface area contributed by atoms with Gasteiger partial charge in [0, 0.05) is 19.5 Å². The highest BCUT2D eigenvalue weighted by Crippen LogP contribution is 2.29. The molecule has 1 N–H and O–H groups in total. The van der Waals surface area contributed by atoms with Crippen molar-refractivity contribution in [3.8, 4) is 0 Å². The topological polar surface area (TPSA) is 32.3 Å². The van der Waals surface area contributed by atoms with E-state index in [-0.39, 0.29) is 0 Å². The van der Waals surface area contributed by atoms with Crippen LogP contribution in [0.15, 0.2) is 0 Å². The van der Waals surface area contributed by atoms with Gasteiger partial charge in [-0.05, 0) is 50.6 Å². The summed E-state index contributed by atoms with van der Waals surface area (Å²) in [6.07, 6.45) is 9.38. The second-order valence-corrected chi connectivity index (χ2v) is 6.28. The maximum absolute atomic E-state index is 12.1. The van der Waals surface area contributed by atoms with Crippen LogP contribution in [0.1, 0.15) is 58.3 Å². The van der Waals surface area contributed by atoms with Crippen molar-refractivity contribution >= 4 is 5.91 Å². The van der Waals surface area contributed by atoms with E-state index in [4.69, 9.17) is 0 Å². The smallest absolute Gasteiger partial charge is 0.222 e. The first-order chi connectivity index (χ1) is 9.31. The molecule has 0 aliphatic carbocycles. The van der Waals surface area contributed by atoms with Gasteiger partial charge in [0.15, 0.2) is 0 Å². The van der Waals surface area contributed by atoms with Gasteiger partial charge >= 0.3 is 0 Å². The number of likely N-dealkylation sites (tertiary alicyclic amines) is 1. The van der Waals surface area contributed by atoms with Crippen LogP contribution in [-0.2, 0) is 4.79 Å². The Kier molecular flexibility index (Phi) is 6.15. The van der Waals surface area contributed by atoms with Gasteiger partial charge in [-0.15, -0.1) is 0 Å². The fourth-order valence-corrected chi connectivity index (χ4v) is 3.56. The Morgan fingerprint density at radius 2 is 1.89 bits per heavy atom. The van der Waals surface area contributed by atoms with Gasteiger partial charge in [-0.1, -0.05) is 26.2 Å². The summed E-state index contributed by atoms with van der Waals surface area (Å²) in [7, 11) is 0. The SMILES string of the molecule is CCCCCCC(=O)N1CCC(C2CCNC2)CC1. The van der Waals surface area contributed by atoms with E-state index in [1.54, 1.807) is 0 Å². The summed E-state index contributed by atoms with van der Waals surface area (Å²) in [5.74, 6) is 2.14. The molecule has 1 amide bonds. The fraction of sp³-hybridized carbons (Fsp3) is 0.938. The van der Waals surface area contributed by atoms with E-state index in [1.165, 1.54) is 51.6 Å². The maximum atomic E-state index is 12.1. The van der Waals surface area contributed by atoms with Crippen LogP contribution in [0, 0.1) is 11.8 Å².